The van der Waals surface area contributed by atoms with Crippen LogP contribution in [0.25, 0.3) is 11.5 Å². The monoisotopic (exact) mass is 373 g/mol. The van der Waals surface area contributed by atoms with Crippen LogP contribution < -0.4 is 14.8 Å². The van der Waals surface area contributed by atoms with Crippen LogP contribution >= 0.6 is 11.3 Å². The van der Waals surface area contributed by atoms with Crippen LogP contribution in [-0.4, -0.2) is 30.3 Å². The fourth-order valence-corrected chi connectivity index (χ4v) is 3.08. The fraction of sp³-hybridized carbons (Fsp3) is 0.278. The number of aryl methyl sites for hydroxylation is 1. The molecule has 8 heteroatoms. The molecule has 0 aliphatic rings. The summed E-state index contributed by atoms with van der Waals surface area (Å²) in [5, 5.41) is 14.7. The van der Waals surface area contributed by atoms with Crippen molar-refractivity contribution in [3.8, 4) is 23.0 Å². The maximum Gasteiger partial charge on any atom is 0.248 e. The highest BCUT2D eigenvalue weighted by Gasteiger charge is 2.13. The Balaban J connectivity index is 1.52. The number of ether oxygens (including phenoxy) is 2. The molecule has 136 valence electrons. The topological polar surface area (TPSA) is 86.5 Å². The van der Waals surface area contributed by atoms with Crippen molar-refractivity contribution in [2.45, 2.75) is 19.4 Å². The molecule has 2 heterocycles. The first-order chi connectivity index (χ1) is 12.7. The normalized spacial score (nSPS) is 10.5. The molecule has 1 aromatic carbocycles. The molecule has 0 spiro atoms. The summed E-state index contributed by atoms with van der Waals surface area (Å²) in [6.07, 6.45) is 0.649. The van der Waals surface area contributed by atoms with Crippen molar-refractivity contribution in [1.29, 1.82) is 0 Å². The van der Waals surface area contributed by atoms with Gasteiger partial charge in [-0.15, -0.1) is 10.2 Å². The fourth-order valence-electron chi connectivity index (χ4n) is 2.45. The molecule has 0 aliphatic heterocycles. The number of hydrogen-bond donors (Lipinski definition) is 1. The first kappa shape index (κ1) is 17.9. The van der Waals surface area contributed by atoms with Gasteiger partial charge in [0.25, 0.3) is 0 Å². The van der Waals surface area contributed by atoms with Gasteiger partial charge in [-0.25, -0.2) is 0 Å². The number of hydrogen-bond acceptors (Lipinski definition) is 7. The van der Waals surface area contributed by atoms with E-state index in [1.54, 1.807) is 25.6 Å². The van der Waals surface area contributed by atoms with E-state index in [4.69, 9.17) is 13.9 Å². The van der Waals surface area contributed by atoms with Crippen LogP contribution in [0.15, 0.2) is 39.4 Å². The molecule has 2 aromatic heterocycles. The molecular formula is C18H19N3O4S. The van der Waals surface area contributed by atoms with Gasteiger partial charge >= 0.3 is 0 Å². The molecule has 7 nitrogen and oxygen atoms in total. The van der Waals surface area contributed by atoms with Gasteiger partial charge < -0.3 is 19.2 Å². The zero-order chi connectivity index (χ0) is 18.4. The highest BCUT2D eigenvalue weighted by atomic mass is 32.1. The van der Waals surface area contributed by atoms with Crippen molar-refractivity contribution < 1.29 is 18.7 Å². The van der Waals surface area contributed by atoms with Gasteiger partial charge in [-0.2, -0.15) is 11.3 Å². The summed E-state index contributed by atoms with van der Waals surface area (Å²) in [6.45, 7) is 0.350. The van der Waals surface area contributed by atoms with Crippen LogP contribution in [0.4, 0.5) is 0 Å². The Labute approximate surface area is 155 Å². The maximum absolute atomic E-state index is 12.1. The molecule has 3 rings (SSSR count). The minimum atomic E-state index is -0.106. The molecule has 0 fully saturated rings. The lowest BCUT2D eigenvalue weighted by molar-refractivity contribution is -0.121. The van der Waals surface area contributed by atoms with E-state index < -0.39 is 0 Å². The summed E-state index contributed by atoms with van der Waals surface area (Å²) in [5.74, 6) is 2.06. The second kappa shape index (κ2) is 8.48. The lowest BCUT2D eigenvalue weighted by Crippen LogP contribution is -2.23. The molecular weight excluding hydrogens is 354 g/mol. The van der Waals surface area contributed by atoms with Crippen molar-refractivity contribution >= 4 is 17.2 Å². The van der Waals surface area contributed by atoms with Gasteiger partial charge in [-0.05, 0) is 17.5 Å². The third kappa shape index (κ3) is 4.20. The van der Waals surface area contributed by atoms with Gasteiger partial charge in [0.2, 0.25) is 17.7 Å². The van der Waals surface area contributed by atoms with E-state index >= 15 is 0 Å². The summed E-state index contributed by atoms with van der Waals surface area (Å²) in [6, 6.07) is 7.46. The molecule has 0 aliphatic carbocycles. The summed E-state index contributed by atoms with van der Waals surface area (Å²) in [7, 11) is 3.15. The highest BCUT2D eigenvalue weighted by molar-refractivity contribution is 7.08. The Kier molecular flexibility index (Phi) is 5.85. The third-order valence-electron chi connectivity index (χ3n) is 3.76. The minimum Gasteiger partial charge on any atom is -0.493 e. The molecule has 1 amide bonds. The van der Waals surface area contributed by atoms with Crippen molar-refractivity contribution in [3.05, 3.63) is 46.5 Å². The molecule has 0 saturated carbocycles. The number of amides is 1. The molecule has 0 radical (unpaired) electrons. The van der Waals surface area contributed by atoms with Crippen molar-refractivity contribution in [2.75, 3.05) is 14.2 Å². The molecule has 3 aromatic rings. The lowest BCUT2D eigenvalue weighted by atomic mass is 10.1. The second-order valence-corrected chi connectivity index (χ2v) is 6.22. The Morgan fingerprint density at radius 2 is 2.12 bits per heavy atom. The Bertz CT molecular complexity index is 861. The maximum atomic E-state index is 12.1. The minimum absolute atomic E-state index is 0.106. The average molecular weight is 373 g/mol. The number of carbonyl (C=O) groups is 1. The second-order valence-electron chi connectivity index (χ2n) is 5.44. The Morgan fingerprint density at radius 3 is 2.85 bits per heavy atom. The van der Waals surface area contributed by atoms with Gasteiger partial charge in [0.15, 0.2) is 11.5 Å². The van der Waals surface area contributed by atoms with Crippen molar-refractivity contribution in [1.82, 2.24) is 15.5 Å². The predicted octanol–water partition coefficient (Wildman–Crippen LogP) is 3.06. The van der Waals surface area contributed by atoms with Crippen molar-refractivity contribution in [3.63, 3.8) is 0 Å². The number of carbonyl (C=O) groups excluding carboxylic acids is 1. The summed E-state index contributed by atoms with van der Waals surface area (Å²) >= 11 is 1.56. The van der Waals surface area contributed by atoms with Crippen LogP contribution in [0.1, 0.15) is 17.9 Å². The number of nitrogens with zero attached hydrogens (tertiary/aromatic N) is 2. The molecule has 0 atom stereocenters. The van der Waals surface area contributed by atoms with Crippen LogP contribution in [0.5, 0.6) is 11.5 Å². The van der Waals surface area contributed by atoms with Crippen LogP contribution in [-0.2, 0) is 17.8 Å². The number of methoxy groups -OCH3 is 2. The quantitative estimate of drug-likeness (QED) is 0.653. The van der Waals surface area contributed by atoms with E-state index in [1.165, 1.54) is 0 Å². The number of benzene rings is 1. The smallest absolute Gasteiger partial charge is 0.248 e. The van der Waals surface area contributed by atoms with E-state index in [0.29, 0.717) is 36.2 Å². The van der Waals surface area contributed by atoms with E-state index in [9.17, 15) is 4.79 Å². The summed E-state index contributed by atoms with van der Waals surface area (Å²) < 4.78 is 16.2. The number of rotatable bonds is 8. The largest absolute Gasteiger partial charge is 0.493 e. The van der Waals surface area contributed by atoms with Crippen LogP contribution in [0.3, 0.4) is 0 Å². The highest BCUT2D eigenvalue weighted by Crippen LogP contribution is 2.30. The summed E-state index contributed by atoms with van der Waals surface area (Å²) in [5.41, 5.74) is 1.74. The number of thiophene rings is 1. The average Bonchev–Trinajstić information content (AvgIpc) is 3.35. The Hall–Kier alpha value is -2.87. The van der Waals surface area contributed by atoms with Crippen LogP contribution in [0, 0.1) is 0 Å². The molecule has 1 N–H and O–H groups in total. The van der Waals surface area contributed by atoms with E-state index in [-0.39, 0.29) is 12.3 Å². The van der Waals surface area contributed by atoms with E-state index in [2.05, 4.69) is 15.5 Å². The van der Waals surface area contributed by atoms with Crippen molar-refractivity contribution in [2.24, 2.45) is 0 Å². The Morgan fingerprint density at radius 1 is 1.23 bits per heavy atom. The lowest BCUT2D eigenvalue weighted by Gasteiger charge is -2.13. The van der Waals surface area contributed by atoms with Gasteiger partial charge in [-0.1, -0.05) is 12.1 Å². The molecule has 0 unspecified atom stereocenters. The van der Waals surface area contributed by atoms with Gasteiger partial charge in [-0.3, -0.25) is 4.79 Å². The first-order valence-electron chi connectivity index (χ1n) is 8.02. The molecule has 26 heavy (non-hydrogen) atoms. The van der Waals surface area contributed by atoms with E-state index in [0.717, 1.165) is 11.1 Å². The SMILES string of the molecule is COc1cccc(CNC(=O)CCc2nnc(-c3ccsc3)o2)c1OC. The number of para-hydroxylation sites is 1. The van der Waals surface area contributed by atoms with E-state index in [1.807, 2.05) is 35.0 Å². The summed E-state index contributed by atoms with van der Waals surface area (Å²) in [4.78, 5) is 12.1. The van der Waals surface area contributed by atoms with Crippen LogP contribution in [0.2, 0.25) is 0 Å². The van der Waals surface area contributed by atoms with Gasteiger partial charge in [0, 0.05) is 35.9 Å². The molecule has 0 saturated heterocycles. The first-order valence-corrected chi connectivity index (χ1v) is 8.97. The zero-order valence-electron chi connectivity index (χ0n) is 14.5. The third-order valence-corrected chi connectivity index (χ3v) is 4.44. The number of aromatic nitrogens is 2. The molecule has 0 bridgehead atoms. The standard InChI is InChI=1S/C18H19N3O4S/c1-23-14-5-3-4-12(17(14)24-2)10-19-15(22)6-7-16-20-21-18(25-16)13-8-9-26-11-13/h3-5,8-9,11H,6-7,10H2,1-2H3,(H,19,22). The number of nitrogens with one attached hydrogen (secondary N) is 1. The van der Waals surface area contributed by atoms with Gasteiger partial charge in [0.05, 0.1) is 14.2 Å². The zero-order valence-corrected chi connectivity index (χ0v) is 15.3. The predicted molar refractivity (Wildman–Crippen MR) is 97.3 cm³/mol. The van der Waals surface area contributed by atoms with Gasteiger partial charge in [0.1, 0.15) is 0 Å².